The molecular weight excluding hydrogens is 477 g/mol. The Morgan fingerprint density at radius 2 is 1.63 bits per heavy atom. The first-order valence-electron chi connectivity index (χ1n) is 11.6. The van der Waals surface area contributed by atoms with Crippen molar-refractivity contribution in [2.24, 2.45) is 0 Å². The molecule has 0 atom stereocenters. The number of halogens is 2. The van der Waals surface area contributed by atoms with Crippen LogP contribution in [0.5, 0.6) is 0 Å². The van der Waals surface area contributed by atoms with Gasteiger partial charge in [-0.25, -0.2) is 0 Å². The van der Waals surface area contributed by atoms with Crippen molar-refractivity contribution in [1.29, 1.82) is 0 Å². The maximum atomic E-state index is 6.23. The summed E-state index contributed by atoms with van der Waals surface area (Å²) in [6, 6.07) is 22.4. The Bertz CT molecular complexity index is 1380. The average Bonchev–Trinajstić information content (AvgIpc) is 3.22. The van der Waals surface area contributed by atoms with Crippen molar-refractivity contribution in [3.8, 4) is 11.3 Å². The highest BCUT2D eigenvalue weighted by Crippen LogP contribution is 2.31. The van der Waals surface area contributed by atoms with Crippen LogP contribution in [0.3, 0.4) is 0 Å². The van der Waals surface area contributed by atoms with Gasteiger partial charge < -0.3 is 14.3 Å². The molecule has 0 spiro atoms. The van der Waals surface area contributed by atoms with E-state index in [4.69, 9.17) is 27.7 Å². The van der Waals surface area contributed by atoms with Crippen molar-refractivity contribution >= 4 is 39.9 Å². The van der Waals surface area contributed by atoms with Gasteiger partial charge >= 0.3 is 0 Å². The molecule has 0 N–H and O–H groups in total. The standard InChI is InChI=1S/C29H25Cl2N3O/c30-26-14-13-23(19-27(26)31)28-20-29(35-32-28)34(18-8-17-33-15-5-1-2-6-16-33)21-24-11-7-10-22-9-3-4-12-25(22)24/h1-7,9-16,19-20H,8,17-18,21H2. The molecule has 4 aromatic rings. The lowest BCUT2D eigenvalue weighted by atomic mass is 10.0. The molecule has 6 heteroatoms. The molecule has 0 unspecified atom stereocenters. The van der Waals surface area contributed by atoms with Crippen LogP contribution in [-0.4, -0.2) is 23.1 Å². The van der Waals surface area contributed by atoms with Gasteiger partial charge in [0.1, 0.15) is 5.69 Å². The molecule has 1 aromatic heterocycles. The van der Waals surface area contributed by atoms with E-state index < -0.39 is 0 Å². The highest BCUT2D eigenvalue weighted by molar-refractivity contribution is 6.42. The molecule has 35 heavy (non-hydrogen) atoms. The summed E-state index contributed by atoms with van der Waals surface area (Å²) in [6.07, 6.45) is 13.3. The molecule has 0 amide bonds. The summed E-state index contributed by atoms with van der Waals surface area (Å²) in [7, 11) is 0. The maximum Gasteiger partial charge on any atom is 0.228 e. The molecule has 3 aromatic carbocycles. The third-order valence-corrected chi connectivity index (χ3v) is 6.74. The fraction of sp³-hybridized carbons (Fsp3) is 0.138. The van der Waals surface area contributed by atoms with Gasteiger partial charge in [0.2, 0.25) is 5.88 Å². The average molecular weight is 502 g/mol. The number of hydrogen-bond acceptors (Lipinski definition) is 4. The second-order valence-electron chi connectivity index (χ2n) is 8.40. The van der Waals surface area contributed by atoms with E-state index in [0.29, 0.717) is 16.6 Å². The highest BCUT2D eigenvalue weighted by Gasteiger charge is 2.16. The molecule has 176 valence electrons. The first-order chi connectivity index (χ1) is 17.2. The monoisotopic (exact) mass is 501 g/mol. The summed E-state index contributed by atoms with van der Waals surface area (Å²) in [6.45, 7) is 2.42. The van der Waals surface area contributed by atoms with Crippen molar-refractivity contribution in [1.82, 2.24) is 10.1 Å². The molecule has 0 aliphatic carbocycles. The zero-order chi connectivity index (χ0) is 24.0. The van der Waals surface area contributed by atoms with Crippen LogP contribution in [0.4, 0.5) is 5.88 Å². The number of anilines is 1. The highest BCUT2D eigenvalue weighted by atomic mass is 35.5. The predicted octanol–water partition coefficient (Wildman–Crippen LogP) is 8.10. The fourth-order valence-corrected chi connectivity index (χ4v) is 4.50. The fourth-order valence-electron chi connectivity index (χ4n) is 4.20. The van der Waals surface area contributed by atoms with E-state index in [9.17, 15) is 0 Å². The Hall–Kier alpha value is -3.47. The van der Waals surface area contributed by atoms with Crippen molar-refractivity contribution in [2.75, 3.05) is 18.0 Å². The van der Waals surface area contributed by atoms with E-state index in [1.165, 1.54) is 16.3 Å². The molecule has 0 saturated heterocycles. The molecule has 0 saturated carbocycles. The Morgan fingerprint density at radius 1 is 0.829 bits per heavy atom. The normalized spacial score (nSPS) is 12.9. The number of fused-ring (bicyclic) bond motifs is 1. The number of benzene rings is 3. The minimum atomic E-state index is 0.495. The first kappa shape index (κ1) is 23.3. The zero-order valence-corrected chi connectivity index (χ0v) is 20.7. The van der Waals surface area contributed by atoms with Crippen LogP contribution in [0, 0.1) is 0 Å². The summed E-state index contributed by atoms with van der Waals surface area (Å²) in [5.74, 6) is 0.725. The number of rotatable bonds is 8. The summed E-state index contributed by atoms with van der Waals surface area (Å²) in [5.41, 5.74) is 2.84. The number of nitrogens with zero attached hydrogens (tertiary/aromatic N) is 3. The quantitative estimate of drug-likeness (QED) is 0.244. The van der Waals surface area contributed by atoms with Crippen LogP contribution in [0.1, 0.15) is 12.0 Å². The van der Waals surface area contributed by atoms with Crippen LogP contribution in [-0.2, 0) is 6.54 Å². The van der Waals surface area contributed by atoms with E-state index in [1.54, 1.807) is 6.07 Å². The first-order valence-corrected chi connectivity index (χ1v) is 12.3. The number of aromatic nitrogens is 1. The Morgan fingerprint density at radius 3 is 2.46 bits per heavy atom. The lowest BCUT2D eigenvalue weighted by molar-refractivity contribution is 0.411. The van der Waals surface area contributed by atoms with Gasteiger partial charge in [-0.3, -0.25) is 0 Å². The van der Waals surface area contributed by atoms with Gasteiger partial charge in [-0.05, 0) is 47.0 Å². The molecule has 2 heterocycles. The molecule has 5 rings (SSSR count). The molecule has 0 radical (unpaired) electrons. The van der Waals surface area contributed by atoms with Crippen molar-refractivity contribution in [3.05, 3.63) is 119 Å². The van der Waals surface area contributed by atoms with Crippen molar-refractivity contribution < 1.29 is 4.52 Å². The van der Waals surface area contributed by atoms with E-state index in [1.807, 2.05) is 42.5 Å². The molecular formula is C29H25Cl2N3O. The lowest BCUT2D eigenvalue weighted by Crippen LogP contribution is -2.26. The molecule has 4 nitrogen and oxygen atoms in total. The van der Waals surface area contributed by atoms with Gasteiger partial charge in [0, 0.05) is 43.7 Å². The van der Waals surface area contributed by atoms with E-state index in [-0.39, 0.29) is 0 Å². The second-order valence-corrected chi connectivity index (χ2v) is 9.21. The smallest absolute Gasteiger partial charge is 0.228 e. The van der Waals surface area contributed by atoms with Crippen LogP contribution < -0.4 is 4.90 Å². The molecule has 1 aliphatic rings. The van der Waals surface area contributed by atoms with E-state index in [0.717, 1.165) is 36.7 Å². The Labute approximate surface area is 215 Å². The maximum absolute atomic E-state index is 6.23. The van der Waals surface area contributed by atoms with Crippen molar-refractivity contribution in [3.63, 3.8) is 0 Å². The Kier molecular flexibility index (Phi) is 7.22. The van der Waals surface area contributed by atoms with Gasteiger partial charge in [0.25, 0.3) is 0 Å². The third-order valence-electron chi connectivity index (χ3n) is 6.00. The van der Waals surface area contributed by atoms with Gasteiger partial charge in [0.15, 0.2) is 0 Å². The number of hydrogen-bond donors (Lipinski definition) is 0. The van der Waals surface area contributed by atoms with Crippen LogP contribution in [0.2, 0.25) is 10.0 Å². The van der Waals surface area contributed by atoms with Crippen LogP contribution in [0.15, 0.2) is 108 Å². The minimum Gasteiger partial charge on any atom is -0.354 e. The van der Waals surface area contributed by atoms with Crippen molar-refractivity contribution in [2.45, 2.75) is 13.0 Å². The predicted molar refractivity (Wildman–Crippen MR) is 146 cm³/mol. The summed E-state index contributed by atoms with van der Waals surface area (Å²) in [4.78, 5) is 4.44. The van der Waals surface area contributed by atoms with Crippen LogP contribution in [0.25, 0.3) is 22.0 Å². The SMILES string of the molecule is Clc1ccc(-c2cc(N(CCCN3C=CC=CC=C3)Cc3cccc4ccccc34)on2)cc1Cl. The van der Waals surface area contributed by atoms with Gasteiger partial charge in [-0.2, -0.15) is 0 Å². The molecule has 0 fully saturated rings. The van der Waals surface area contributed by atoms with Gasteiger partial charge in [0.05, 0.1) is 10.0 Å². The zero-order valence-electron chi connectivity index (χ0n) is 19.1. The summed E-state index contributed by atoms with van der Waals surface area (Å²) >= 11 is 12.3. The van der Waals surface area contributed by atoms with Crippen LogP contribution >= 0.6 is 23.2 Å². The largest absolute Gasteiger partial charge is 0.354 e. The number of allylic oxidation sites excluding steroid dienone is 4. The molecule has 0 bridgehead atoms. The van der Waals surface area contributed by atoms with Gasteiger partial charge in [-0.1, -0.05) is 89.0 Å². The Balaban J connectivity index is 1.40. The van der Waals surface area contributed by atoms with Gasteiger partial charge in [-0.15, -0.1) is 0 Å². The second kappa shape index (κ2) is 10.9. The third kappa shape index (κ3) is 5.61. The molecule has 1 aliphatic heterocycles. The lowest BCUT2D eigenvalue weighted by Gasteiger charge is -2.24. The minimum absolute atomic E-state index is 0.495. The summed E-state index contributed by atoms with van der Waals surface area (Å²) < 4.78 is 5.85. The van der Waals surface area contributed by atoms with E-state index in [2.05, 4.69) is 69.8 Å². The van der Waals surface area contributed by atoms with E-state index >= 15 is 0 Å². The summed E-state index contributed by atoms with van der Waals surface area (Å²) in [5, 5.41) is 7.82. The topological polar surface area (TPSA) is 32.5 Å².